The van der Waals surface area contributed by atoms with E-state index in [0.717, 1.165) is 11.6 Å². The maximum atomic E-state index is 13.3. The highest BCUT2D eigenvalue weighted by molar-refractivity contribution is 5.94. The molecule has 0 fully saturated rings. The molecule has 10 nitrogen and oxygen atoms in total. The maximum Gasteiger partial charge on any atom is 0.425 e. The summed E-state index contributed by atoms with van der Waals surface area (Å²) in [7, 11) is 1.40. The highest BCUT2D eigenvalue weighted by Crippen LogP contribution is 2.37. The summed E-state index contributed by atoms with van der Waals surface area (Å²) in [6.45, 7) is 1.86. The van der Waals surface area contributed by atoms with Crippen LogP contribution in [0.5, 0.6) is 11.6 Å². The Morgan fingerprint density at radius 3 is 2.50 bits per heavy atom. The van der Waals surface area contributed by atoms with Crippen molar-refractivity contribution in [3.05, 3.63) is 40.7 Å². The SMILES string of the molecule is CCn1c(CO)nn(-c2cc(O[C@@H](C)C(F)(F)F)c3c(OC(CO)COC)nccc3c2)c1=O. The summed E-state index contributed by atoms with van der Waals surface area (Å²) in [5, 5.41) is 23.6. The van der Waals surface area contributed by atoms with Gasteiger partial charge in [-0.05, 0) is 31.4 Å². The zero-order valence-corrected chi connectivity index (χ0v) is 18.7. The lowest BCUT2D eigenvalue weighted by atomic mass is 10.1. The summed E-state index contributed by atoms with van der Waals surface area (Å²) in [5.41, 5.74) is -0.455. The van der Waals surface area contributed by atoms with Gasteiger partial charge in [0, 0.05) is 25.9 Å². The molecule has 0 aliphatic carbocycles. The Labute approximate surface area is 192 Å². The number of ether oxygens (including phenoxy) is 3. The van der Waals surface area contributed by atoms with E-state index in [2.05, 4.69) is 10.1 Å². The van der Waals surface area contributed by atoms with E-state index in [4.69, 9.17) is 14.2 Å². The summed E-state index contributed by atoms with van der Waals surface area (Å²) in [6, 6.07) is 4.24. The molecule has 13 heteroatoms. The molecular formula is C21H25F3N4O6. The predicted molar refractivity (Wildman–Crippen MR) is 114 cm³/mol. The van der Waals surface area contributed by atoms with Crippen molar-refractivity contribution in [2.45, 2.75) is 45.4 Å². The maximum absolute atomic E-state index is 13.3. The second-order valence-electron chi connectivity index (χ2n) is 7.35. The Morgan fingerprint density at radius 2 is 1.94 bits per heavy atom. The monoisotopic (exact) mass is 486 g/mol. The number of halogens is 3. The lowest BCUT2D eigenvalue weighted by Crippen LogP contribution is -2.31. The van der Waals surface area contributed by atoms with E-state index in [1.54, 1.807) is 6.92 Å². The van der Waals surface area contributed by atoms with Gasteiger partial charge in [0.2, 0.25) is 5.88 Å². The van der Waals surface area contributed by atoms with Crippen molar-refractivity contribution >= 4 is 10.8 Å². The van der Waals surface area contributed by atoms with Crippen LogP contribution in [-0.2, 0) is 17.9 Å². The van der Waals surface area contributed by atoms with Gasteiger partial charge in [-0.1, -0.05) is 0 Å². The van der Waals surface area contributed by atoms with E-state index in [1.165, 1.54) is 36.1 Å². The van der Waals surface area contributed by atoms with Gasteiger partial charge in [-0.15, -0.1) is 5.10 Å². The molecule has 1 aromatic carbocycles. The Balaban J connectivity index is 2.23. The number of pyridine rings is 1. The molecule has 2 atom stereocenters. The standard InChI is InChI=1S/C21H25F3N4O6/c1-4-27-17(10-30)26-28(20(27)31)14-7-13-5-6-25-19(34-15(9-29)11-32-3)18(13)16(8-14)33-12(2)21(22,23)24/h5-8,12,15,29-30H,4,9-11H2,1-3H3/t12-,15?/m0/s1. The number of rotatable bonds is 10. The van der Waals surface area contributed by atoms with E-state index >= 15 is 0 Å². The number of nitrogens with zero attached hydrogens (tertiary/aromatic N) is 4. The minimum absolute atomic E-state index is 0.00950. The van der Waals surface area contributed by atoms with Crippen LogP contribution in [0.4, 0.5) is 13.2 Å². The number of benzene rings is 1. The Kier molecular flexibility index (Phi) is 7.79. The molecule has 0 amide bonds. The lowest BCUT2D eigenvalue weighted by molar-refractivity contribution is -0.189. The van der Waals surface area contributed by atoms with Crippen LogP contribution in [0.3, 0.4) is 0 Å². The molecule has 34 heavy (non-hydrogen) atoms. The summed E-state index contributed by atoms with van der Waals surface area (Å²) < 4.78 is 58.1. The van der Waals surface area contributed by atoms with Crippen molar-refractivity contribution in [2.24, 2.45) is 0 Å². The molecule has 0 aliphatic rings. The minimum atomic E-state index is -4.67. The van der Waals surface area contributed by atoms with E-state index in [-0.39, 0.29) is 41.7 Å². The van der Waals surface area contributed by atoms with Gasteiger partial charge in [0.05, 0.1) is 24.3 Å². The van der Waals surface area contributed by atoms with Gasteiger partial charge in [-0.2, -0.15) is 17.9 Å². The first kappa shape index (κ1) is 25.5. The van der Waals surface area contributed by atoms with Gasteiger partial charge in [-0.3, -0.25) is 4.57 Å². The van der Waals surface area contributed by atoms with Gasteiger partial charge in [0.15, 0.2) is 11.9 Å². The largest absolute Gasteiger partial charge is 0.480 e. The zero-order chi connectivity index (χ0) is 25.0. The van der Waals surface area contributed by atoms with Gasteiger partial charge in [-0.25, -0.2) is 9.78 Å². The van der Waals surface area contributed by atoms with Crippen LogP contribution in [-0.4, -0.2) is 68.3 Å². The third kappa shape index (κ3) is 5.16. The van der Waals surface area contributed by atoms with Crippen LogP contribution >= 0.6 is 0 Å². The van der Waals surface area contributed by atoms with E-state index in [1.807, 2.05) is 0 Å². The van der Waals surface area contributed by atoms with Crippen LogP contribution < -0.4 is 15.2 Å². The number of alkyl halides is 3. The topological polar surface area (TPSA) is 121 Å². The third-order valence-corrected chi connectivity index (χ3v) is 5.02. The van der Waals surface area contributed by atoms with Crippen molar-refractivity contribution in [1.29, 1.82) is 0 Å². The first-order valence-electron chi connectivity index (χ1n) is 10.4. The molecule has 0 spiro atoms. The molecule has 0 saturated heterocycles. The Hall–Kier alpha value is -3.16. The molecule has 2 N–H and O–H groups in total. The van der Waals surface area contributed by atoms with E-state index in [0.29, 0.717) is 5.39 Å². The second-order valence-corrected chi connectivity index (χ2v) is 7.35. The quantitative estimate of drug-likeness (QED) is 0.445. The fraction of sp³-hybridized carbons (Fsp3) is 0.476. The van der Waals surface area contributed by atoms with Crippen LogP contribution in [0.25, 0.3) is 16.5 Å². The van der Waals surface area contributed by atoms with Gasteiger partial charge in [0.1, 0.15) is 18.5 Å². The second kappa shape index (κ2) is 10.4. The number of hydrogen-bond acceptors (Lipinski definition) is 8. The Morgan fingerprint density at radius 1 is 1.21 bits per heavy atom. The fourth-order valence-electron chi connectivity index (χ4n) is 3.30. The van der Waals surface area contributed by atoms with Crippen molar-refractivity contribution in [1.82, 2.24) is 19.3 Å². The number of hydrogen-bond donors (Lipinski definition) is 2. The predicted octanol–water partition coefficient (Wildman–Crippen LogP) is 1.81. The van der Waals surface area contributed by atoms with E-state index < -0.39 is 37.3 Å². The summed E-state index contributed by atoms with van der Waals surface area (Å²) in [5.74, 6) is -0.229. The molecule has 1 unspecified atom stereocenters. The highest BCUT2D eigenvalue weighted by Gasteiger charge is 2.38. The molecule has 2 heterocycles. The number of methoxy groups -OCH3 is 1. The van der Waals surface area contributed by atoms with Crippen LogP contribution in [0, 0.1) is 0 Å². The van der Waals surface area contributed by atoms with Crippen LogP contribution in [0.1, 0.15) is 19.7 Å². The van der Waals surface area contributed by atoms with Crippen molar-refractivity contribution in [3.63, 3.8) is 0 Å². The summed E-state index contributed by atoms with van der Waals surface area (Å²) >= 11 is 0. The average Bonchev–Trinajstić information content (AvgIpc) is 3.13. The molecule has 186 valence electrons. The molecule has 0 saturated carbocycles. The fourth-order valence-corrected chi connectivity index (χ4v) is 3.30. The van der Waals surface area contributed by atoms with Crippen molar-refractivity contribution in [2.75, 3.05) is 20.3 Å². The minimum Gasteiger partial charge on any atom is -0.480 e. The van der Waals surface area contributed by atoms with Gasteiger partial charge in [0.25, 0.3) is 0 Å². The molecule has 0 aliphatic heterocycles. The first-order valence-corrected chi connectivity index (χ1v) is 10.4. The summed E-state index contributed by atoms with van der Waals surface area (Å²) in [6.07, 6.45) is -6.32. The third-order valence-electron chi connectivity index (χ3n) is 5.02. The molecule has 3 rings (SSSR count). The smallest absolute Gasteiger partial charge is 0.425 e. The normalized spacial score (nSPS) is 13.8. The van der Waals surface area contributed by atoms with Crippen molar-refractivity contribution in [3.8, 4) is 17.3 Å². The molecular weight excluding hydrogens is 461 g/mol. The Bertz CT molecular complexity index is 1190. The molecule has 0 radical (unpaired) electrons. The molecule has 2 aromatic heterocycles. The highest BCUT2D eigenvalue weighted by atomic mass is 19.4. The first-order chi connectivity index (χ1) is 16.1. The van der Waals surface area contributed by atoms with Crippen molar-refractivity contribution < 1.29 is 37.6 Å². The summed E-state index contributed by atoms with van der Waals surface area (Å²) in [4.78, 5) is 16.9. The number of aliphatic hydroxyl groups is 2. The molecule has 3 aromatic rings. The van der Waals surface area contributed by atoms with Crippen LogP contribution in [0.2, 0.25) is 0 Å². The zero-order valence-electron chi connectivity index (χ0n) is 18.7. The van der Waals surface area contributed by atoms with Gasteiger partial charge >= 0.3 is 11.9 Å². The van der Waals surface area contributed by atoms with E-state index in [9.17, 15) is 28.2 Å². The molecule has 0 bridgehead atoms. The van der Waals surface area contributed by atoms with Crippen LogP contribution in [0.15, 0.2) is 29.2 Å². The average molecular weight is 486 g/mol. The number of aliphatic hydroxyl groups excluding tert-OH is 2. The number of fused-ring (bicyclic) bond motifs is 1. The van der Waals surface area contributed by atoms with Gasteiger partial charge < -0.3 is 24.4 Å². The lowest BCUT2D eigenvalue weighted by Gasteiger charge is -2.21. The number of aromatic nitrogens is 4.